The summed E-state index contributed by atoms with van der Waals surface area (Å²) in [5.41, 5.74) is -1.30. The van der Waals surface area contributed by atoms with Gasteiger partial charge in [0.1, 0.15) is 0 Å². The third-order valence-electron chi connectivity index (χ3n) is 3.31. The van der Waals surface area contributed by atoms with Crippen LogP contribution in [0.25, 0.3) is 0 Å². The number of carbonyl (C=O) groups excluding carboxylic acids is 1. The van der Waals surface area contributed by atoms with Crippen molar-refractivity contribution in [3.63, 3.8) is 0 Å². The van der Waals surface area contributed by atoms with Crippen LogP contribution in [0.1, 0.15) is 37.8 Å². The van der Waals surface area contributed by atoms with E-state index in [1.807, 2.05) is 0 Å². The highest BCUT2D eigenvalue weighted by molar-refractivity contribution is 5.93. The van der Waals surface area contributed by atoms with Crippen molar-refractivity contribution in [2.75, 3.05) is 5.32 Å². The Labute approximate surface area is 109 Å². The summed E-state index contributed by atoms with van der Waals surface area (Å²) in [4.78, 5) is 15.2. The van der Waals surface area contributed by atoms with Crippen LogP contribution in [-0.2, 0) is 11.0 Å². The number of carbonyl (C=O) groups is 1. The van der Waals surface area contributed by atoms with E-state index in [1.165, 1.54) is 12.1 Å². The fraction of sp³-hybridized carbons (Fsp3) is 0.538. The van der Waals surface area contributed by atoms with Crippen LogP contribution in [0.4, 0.5) is 18.9 Å². The van der Waals surface area contributed by atoms with E-state index in [0.29, 0.717) is 0 Å². The molecule has 0 spiro atoms. The van der Waals surface area contributed by atoms with Crippen molar-refractivity contribution in [1.82, 2.24) is 4.98 Å². The largest absolute Gasteiger partial charge is 0.435 e. The number of halogens is 3. The van der Waals surface area contributed by atoms with Gasteiger partial charge in [-0.25, -0.2) is 4.98 Å². The molecule has 0 radical (unpaired) electrons. The zero-order valence-electron chi connectivity index (χ0n) is 10.3. The molecule has 0 unspecified atom stereocenters. The summed E-state index contributed by atoms with van der Waals surface area (Å²) < 4.78 is 38.2. The molecule has 1 aromatic rings. The molecule has 1 aromatic heterocycles. The van der Waals surface area contributed by atoms with Gasteiger partial charge in [0.25, 0.3) is 0 Å². The number of alkyl halides is 3. The summed E-state index contributed by atoms with van der Waals surface area (Å²) in [6, 6.07) is 2.61. The van der Waals surface area contributed by atoms with Crippen LogP contribution in [0.2, 0.25) is 0 Å². The lowest BCUT2D eigenvalue weighted by atomic mass is 9.88. The minimum atomic E-state index is -4.56. The van der Waals surface area contributed by atoms with Gasteiger partial charge in [-0.2, -0.15) is 13.2 Å². The fourth-order valence-corrected chi connectivity index (χ4v) is 2.33. The van der Waals surface area contributed by atoms with Gasteiger partial charge in [0.05, 0.1) is 5.69 Å². The van der Waals surface area contributed by atoms with Crippen molar-refractivity contribution >= 4 is 11.6 Å². The fourth-order valence-electron chi connectivity index (χ4n) is 2.33. The molecule has 19 heavy (non-hydrogen) atoms. The quantitative estimate of drug-likeness (QED) is 0.893. The normalized spacial score (nSPS) is 17.2. The lowest BCUT2D eigenvalue weighted by Crippen LogP contribution is -2.26. The van der Waals surface area contributed by atoms with Gasteiger partial charge in [-0.05, 0) is 25.0 Å². The van der Waals surface area contributed by atoms with Crippen LogP contribution < -0.4 is 5.32 Å². The van der Waals surface area contributed by atoms with Gasteiger partial charge in [-0.1, -0.05) is 19.3 Å². The number of anilines is 1. The van der Waals surface area contributed by atoms with Gasteiger partial charge in [-0.3, -0.25) is 4.79 Å². The zero-order valence-corrected chi connectivity index (χ0v) is 10.3. The number of hydrogen-bond acceptors (Lipinski definition) is 2. The summed E-state index contributed by atoms with van der Waals surface area (Å²) in [6.45, 7) is 0. The van der Waals surface area contributed by atoms with E-state index < -0.39 is 11.9 Å². The maximum absolute atomic E-state index is 12.7. The summed E-state index contributed by atoms with van der Waals surface area (Å²) in [5.74, 6) is -0.520. The van der Waals surface area contributed by atoms with E-state index in [1.54, 1.807) is 0 Å². The number of pyridine rings is 1. The first-order valence-electron chi connectivity index (χ1n) is 6.31. The second kappa shape index (κ2) is 5.59. The number of nitrogens with zero attached hydrogens (tertiary/aromatic N) is 1. The maximum atomic E-state index is 12.7. The monoisotopic (exact) mass is 272 g/mol. The van der Waals surface area contributed by atoms with Gasteiger partial charge < -0.3 is 5.32 Å². The predicted molar refractivity (Wildman–Crippen MR) is 64.4 cm³/mol. The van der Waals surface area contributed by atoms with Crippen LogP contribution >= 0.6 is 0 Å². The summed E-state index contributed by atoms with van der Waals surface area (Å²) >= 11 is 0. The zero-order chi connectivity index (χ0) is 13.9. The van der Waals surface area contributed by atoms with Gasteiger partial charge >= 0.3 is 6.18 Å². The number of aromatic nitrogens is 1. The molecular formula is C13H15F3N2O. The molecule has 0 aromatic carbocycles. The van der Waals surface area contributed by atoms with E-state index in [0.717, 1.165) is 38.3 Å². The van der Waals surface area contributed by atoms with Crippen molar-refractivity contribution in [3.05, 3.63) is 24.0 Å². The van der Waals surface area contributed by atoms with Crippen LogP contribution in [0.15, 0.2) is 18.3 Å². The lowest BCUT2D eigenvalue weighted by molar-refractivity contribution is -0.140. The average Bonchev–Trinajstić information content (AvgIpc) is 2.39. The molecule has 0 bridgehead atoms. The van der Waals surface area contributed by atoms with Crippen LogP contribution in [-0.4, -0.2) is 10.9 Å². The topological polar surface area (TPSA) is 42.0 Å². The van der Waals surface area contributed by atoms with Crippen molar-refractivity contribution in [2.24, 2.45) is 5.92 Å². The molecule has 6 heteroatoms. The van der Waals surface area contributed by atoms with Gasteiger partial charge in [-0.15, -0.1) is 0 Å². The third-order valence-corrected chi connectivity index (χ3v) is 3.31. The predicted octanol–water partition coefficient (Wildman–Crippen LogP) is 3.62. The van der Waals surface area contributed by atoms with Crippen LogP contribution in [0.5, 0.6) is 0 Å². The molecule has 0 saturated heterocycles. The maximum Gasteiger partial charge on any atom is 0.435 e. The number of amides is 1. The Morgan fingerprint density at radius 2 is 1.95 bits per heavy atom. The smallest absolute Gasteiger partial charge is 0.324 e. The molecule has 1 aliphatic carbocycles. The summed E-state index contributed by atoms with van der Waals surface area (Å²) in [7, 11) is 0. The SMILES string of the molecule is O=C(Nc1cccnc1C(F)(F)F)C1CCCCC1. The summed E-state index contributed by atoms with van der Waals surface area (Å²) in [6.07, 6.45) is 0.995. The molecule has 2 rings (SSSR count). The lowest BCUT2D eigenvalue weighted by Gasteiger charge is -2.21. The van der Waals surface area contributed by atoms with Crippen LogP contribution in [0, 0.1) is 5.92 Å². The van der Waals surface area contributed by atoms with Gasteiger partial charge in [0.2, 0.25) is 5.91 Å². The van der Waals surface area contributed by atoms with E-state index in [-0.39, 0.29) is 17.5 Å². The second-order valence-corrected chi connectivity index (χ2v) is 4.72. The Hall–Kier alpha value is -1.59. The van der Waals surface area contributed by atoms with Crippen molar-refractivity contribution in [3.8, 4) is 0 Å². The van der Waals surface area contributed by atoms with Crippen LogP contribution in [0.3, 0.4) is 0 Å². The molecule has 0 atom stereocenters. The minimum Gasteiger partial charge on any atom is -0.324 e. The Kier molecular flexibility index (Phi) is 4.07. The average molecular weight is 272 g/mol. The third kappa shape index (κ3) is 3.45. The van der Waals surface area contributed by atoms with E-state index in [9.17, 15) is 18.0 Å². The number of hydrogen-bond donors (Lipinski definition) is 1. The molecule has 0 aliphatic heterocycles. The summed E-state index contributed by atoms with van der Waals surface area (Å²) in [5, 5.41) is 2.37. The molecule has 1 heterocycles. The molecule has 3 nitrogen and oxygen atoms in total. The molecule has 104 valence electrons. The highest BCUT2D eigenvalue weighted by Gasteiger charge is 2.36. The Bertz CT molecular complexity index is 453. The first-order chi connectivity index (χ1) is 8.98. The molecule has 1 saturated carbocycles. The van der Waals surface area contributed by atoms with Crippen molar-refractivity contribution < 1.29 is 18.0 Å². The highest BCUT2D eigenvalue weighted by Crippen LogP contribution is 2.33. The molecule has 1 N–H and O–H groups in total. The Morgan fingerprint density at radius 3 is 2.58 bits per heavy atom. The van der Waals surface area contributed by atoms with E-state index in [4.69, 9.17) is 0 Å². The first-order valence-corrected chi connectivity index (χ1v) is 6.31. The van der Waals surface area contributed by atoms with Crippen molar-refractivity contribution in [1.29, 1.82) is 0 Å². The Morgan fingerprint density at radius 1 is 1.26 bits per heavy atom. The second-order valence-electron chi connectivity index (χ2n) is 4.72. The minimum absolute atomic E-state index is 0.185. The van der Waals surface area contributed by atoms with E-state index in [2.05, 4.69) is 10.3 Å². The van der Waals surface area contributed by atoms with Gasteiger partial charge in [0.15, 0.2) is 5.69 Å². The van der Waals surface area contributed by atoms with E-state index >= 15 is 0 Å². The molecule has 1 fully saturated rings. The standard InChI is InChI=1S/C13H15F3N2O/c14-13(15,16)11-10(7-4-8-17-11)18-12(19)9-5-2-1-3-6-9/h4,7-9H,1-3,5-6H2,(H,18,19). The van der Waals surface area contributed by atoms with Crippen molar-refractivity contribution in [2.45, 2.75) is 38.3 Å². The highest BCUT2D eigenvalue weighted by atomic mass is 19.4. The molecule has 1 aliphatic rings. The number of nitrogens with one attached hydrogen (secondary N) is 1. The molecular weight excluding hydrogens is 257 g/mol. The number of rotatable bonds is 2. The Balaban J connectivity index is 2.12. The molecule has 1 amide bonds. The van der Waals surface area contributed by atoms with Gasteiger partial charge in [0, 0.05) is 12.1 Å². The first kappa shape index (κ1) is 13.8.